The standard InChI is InChI=1S/C14H11ClN2O2S/c15-13-6-1-4-12(10-13)5-2-9-17-20(18,19)14-7-3-8-16-11-14/h1,3-4,6-8,10-11,17H,9H2. The minimum atomic E-state index is -3.56. The largest absolute Gasteiger partial charge is 0.263 e. The molecule has 0 spiro atoms. The molecular weight excluding hydrogens is 296 g/mol. The molecule has 0 saturated heterocycles. The number of nitrogens with one attached hydrogen (secondary N) is 1. The van der Waals surface area contributed by atoms with E-state index in [4.69, 9.17) is 11.6 Å². The third kappa shape index (κ3) is 4.07. The maximum absolute atomic E-state index is 11.9. The Kier molecular flexibility index (Phi) is 4.74. The number of rotatable bonds is 3. The number of hydrogen-bond donors (Lipinski definition) is 1. The fourth-order valence-electron chi connectivity index (χ4n) is 1.43. The van der Waals surface area contributed by atoms with Gasteiger partial charge in [-0.15, -0.1) is 0 Å². The maximum Gasteiger partial charge on any atom is 0.242 e. The van der Waals surface area contributed by atoms with Crippen molar-refractivity contribution in [2.24, 2.45) is 0 Å². The van der Waals surface area contributed by atoms with Crippen molar-refractivity contribution >= 4 is 21.6 Å². The highest BCUT2D eigenvalue weighted by Crippen LogP contribution is 2.09. The molecule has 0 atom stereocenters. The van der Waals surface area contributed by atoms with Crippen molar-refractivity contribution in [2.75, 3.05) is 6.54 Å². The summed E-state index contributed by atoms with van der Waals surface area (Å²) in [6.07, 6.45) is 2.80. The molecule has 4 nitrogen and oxygen atoms in total. The Morgan fingerprint density at radius 3 is 2.80 bits per heavy atom. The van der Waals surface area contributed by atoms with Gasteiger partial charge in [0.25, 0.3) is 0 Å². The van der Waals surface area contributed by atoms with Crippen LogP contribution in [0.4, 0.5) is 0 Å². The Bertz CT molecular complexity index is 749. The van der Waals surface area contributed by atoms with Crippen LogP contribution in [0.25, 0.3) is 0 Å². The molecule has 20 heavy (non-hydrogen) atoms. The molecule has 0 aliphatic rings. The Morgan fingerprint density at radius 2 is 2.10 bits per heavy atom. The minimum absolute atomic E-state index is 0.0176. The number of aromatic nitrogens is 1. The van der Waals surface area contributed by atoms with Gasteiger partial charge in [-0.1, -0.05) is 29.5 Å². The van der Waals surface area contributed by atoms with Crippen molar-refractivity contribution in [1.29, 1.82) is 0 Å². The van der Waals surface area contributed by atoms with Crippen LogP contribution in [0.15, 0.2) is 53.7 Å². The molecule has 1 heterocycles. The first kappa shape index (κ1) is 14.5. The summed E-state index contributed by atoms with van der Waals surface area (Å²) in [4.78, 5) is 3.88. The van der Waals surface area contributed by atoms with Gasteiger partial charge < -0.3 is 0 Å². The molecule has 2 aromatic rings. The van der Waals surface area contributed by atoms with Crippen molar-refractivity contribution in [1.82, 2.24) is 9.71 Å². The average Bonchev–Trinajstić information content (AvgIpc) is 2.45. The molecule has 1 aromatic carbocycles. The molecule has 0 aliphatic carbocycles. The topological polar surface area (TPSA) is 59.1 Å². The van der Waals surface area contributed by atoms with Crippen LogP contribution in [0, 0.1) is 11.8 Å². The highest BCUT2D eigenvalue weighted by atomic mass is 35.5. The minimum Gasteiger partial charge on any atom is -0.263 e. The van der Waals surface area contributed by atoms with E-state index in [0.717, 1.165) is 5.56 Å². The van der Waals surface area contributed by atoms with Gasteiger partial charge in [-0.3, -0.25) is 4.98 Å². The van der Waals surface area contributed by atoms with Gasteiger partial charge in [0, 0.05) is 23.0 Å². The Labute approximate surface area is 122 Å². The molecule has 0 saturated carbocycles. The predicted octanol–water partition coefficient (Wildman–Crippen LogP) is 2.06. The zero-order valence-electron chi connectivity index (χ0n) is 10.4. The Balaban J connectivity index is 2.00. The van der Waals surface area contributed by atoms with Crippen molar-refractivity contribution in [3.8, 4) is 11.8 Å². The lowest BCUT2D eigenvalue weighted by Crippen LogP contribution is -2.24. The molecule has 6 heteroatoms. The van der Waals surface area contributed by atoms with E-state index in [1.807, 2.05) is 0 Å². The average molecular weight is 307 g/mol. The normalized spacial score (nSPS) is 10.7. The second-order valence-electron chi connectivity index (χ2n) is 3.83. The fraction of sp³-hybridized carbons (Fsp3) is 0.0714. The van der Waals surface area contributed by atoms with Crippen LogP contribution < -0.4 is 4.72 Å². The molecular formula is C14H11ClN2O2S. The van der Waals surface area contributed by atoms with E-state index in [-0.39, 0.29) is 11.4 Å². The zero-order chi connectivity index (χ0) is 14.4. The van der Waals surface area contributed by atoms with Crippen molar-refractivity contribution in [2.45, 2.75) is 4.90 Å². The van der Waals surface area contributed by atoms with E-state index in [0.29, 0.717) is 5.02 Å². The van der Waals surface area contributed by atoms with Gasteiger partial charge in [-0.2, -0.15) is 4.72 Å². The summed E-state index contributed by atoms with van der Waals surface area (Å²) in [5, 5.41) is 0.591. The predicted molar refractivity (Wildman–Crippen MR) is 77.8 cm³/mol. The number of halogens is 1. The summed E-state index contributed by atoms with van der Waals surface area (Å²) < 4.78 is 26.1. The lowest BCUT2D eigenvalue weighted by atomic mass is 10.2. The summed E-state index contributed by atoms with van der Waals surface area (Å²) in [5.74, 6) is 5.57. The van der Waals surface area contributed by atoms with Gasteiger partial charge in [-0.05, 0) is 30.3 Å². The van der Waals surface area contributed by atoms with E-state index >= 15 is 0 Å². The molecule has 2 rings (SSSR count). The van der Waals surface area contributed by atoms with E-state index in [1.54, 1.807) is 30.3 Å². The van der Waals surface area contributed by atoms with Gasteiger partial charge in [0.15, 0.2) is 0 Å². The van der Waals surface area contributed by atoms with Crippen molar-refractivity contribution < 1.29 is 8.42 Å². The van der Waals surface area contributed by atoms with E-state index < -0.39 is 10.0 Å². The van der Waals surface area contributed by atoms with Gasteiger partial charge in [0.05, 0.1) is 6.54 Å². The zero-order valence-corrected chi connectivity index (χ0v) is 11.9. The van der Waals surface area contributed by atoms with Crippen LogP contribution in [0.5, 0.6) is 0 Å². The Morgan fingerprint density at radius 1 is 1.25 bits per heavy atom. The fourth-order valence-corrected chi connectivity index (χ4v) is 2.51. The molecule has 0 amide bonds. The molecule has 0 unspecified atom stereocenters. The number of benzene rings is 1. The molecule has 0 radical (unpaired) electrons. The van der Waals surface area contributed by atoms with Crippen LogP contribution in [-0.2, 0) is 10.0 Å². The van der Waals surface area contributed by atoms with Gasteiger partial charge in [-0.25, -0.2) is 8.42 Å². The van der Waals surface area contributed by atoms with Gasteiger partial charge in [0.1, 0.15) is 4.90 Å². The second-order valence-corrected chi connectivity index (χ2v) is 6.03. The second kappa shape index (κ2) is 6.53. The van der Waals surface area contributed by atoms with Crippen LogP contribution in [0.1, 0.15) is 5.56 Å². The summed E-state index contributed by atoms with van der Waals surface area (Å²) in [7, 11) is -3.56. The SMILES string of the molecule is O=S(=O)(NCC#Cc1cccc(Cl)c1)c1cccnc1. The lowest BCUT2D eigenvalue weighted by Gasteiger charge is -2.02. The first-order chi connectivity index (χ1) is 9.58. The van der Waals surface area contributed by atoms with E-state index in [1.165, 1.54) is 18.5 Å². The monoisotopic (exact) mass is 306 g/mol. The third-order valence-electron chi connectivity index (χ3n) is 2.35. The highest BCUT2D eigenvalue weighted by molar-refractivity contribution is 7.89. The summed E-state index contributed by atoms with van der Waals surface area (Å²) in [5.41, 5.74) is 0.734. The number of pyridine rings is 1. The molecule has 102 valence electrons. The molecule has 0 fully saturated rings. The van der Waals surface area contributed by atoms with Crippen LogP contribution in [-0.4, -0.2) is 19.9 Å². The van der Waals surface area contributed by atoms with Gasteiger partial charge >= 0.3 is 0 Å². The number of hydrogen-bond acceptors (Lipinski definition) is 3. The number of sulfonamides is 1. The van der Waals surface area contributed by atoms with E-state index in [2.05, 4.69) is 21.5 Å². The van der Waals surface area contributed by atoms with E-state index in [9.17, 15) is 8.42 Å². The summed E-state index contributed by atoms with van der Waals surface area (Å²) in [6, 6.07) is 10.1. The molecule has 1 aromatic heterocycles. The first-order valence-electron chi connectivity index (χ1n) is 5.72. The quantitative estimate of drug-likeness (QED) is 0.883. The summed E-state index contributed by atoms with van der Waals surface area (Å²) >= 11 is 5.82. The summed E-state index contributed by atoms with van der Waals surface area (Å²) in [6.45, 7) is 0.0176. The smallest absolute Gasteiger partial charge is 0.242 e. The molecule has 0 bridgehead atoms. The van der Waals surface area contributed by atoms with Gasteiger partial charge in [0.2, 0.25) is 10.0 Å². The van der Waals surface area contributed by atoms with Crippen molar-refractivity contribution in [3.05, 3.63) is 59.4 Å². The van der Waals surface area contributed by atoms with Crippen LogP contribution >= 0.6 is 11.6 Å². The molecule has 0 aliphatic heterocycles. The van der Waals surface area contributed by atoms with Crippen molar-refractivity contribution in [3.63, 3.8) is 0 Å². The Hall–Kier alpha value is -1.87. The number of nitrogens with zero attached hydrogens (tertiary/aromatic N) is 1. The first-order valence-corrected chi connectivity index (χ1v) is 7.58. The van der Waals surface area contributed by atoms with Crippen LogP contribution in [0.2, 0.25) is 5.02 Å². The molecule has 1 N–H and O–H groups in total. The highest BCUT2D eigenvalue weighted by Gasteiger charge is 2.11. The lowest BCUT2D eigenvalue weighted by molar-refractivity contribution is 0.585. The third-order valence-corrected chi connectivity index (χ3v) is 3.97. The van der Waals surface area contributed by atoms with Crippen LogP contribution in [0.3, 0.4) is 0 Å². The maximum atomic E-state index is 11.9.